The van der Waals surface area contributed by atoms with Gasteiger partial charge in [-0.1, -0.05) is 77.8 Å². The summed E-state index contributed by atoms with van der Waals surface area (Å²) in [6, 6.07) is 22.8. The minimum atomic E-state index is -1.01. The number of nitroso groups, excluding NO2 is 1. The van der Waals surface area contributed by atoms with Gasteiger partial charge in [-0.2, -0.15) is 0 Å². The van der Waals surface area contributed by atoms with Crippen LogP contribution in [-0.2, 0) is 24.6 Å². The number of β-amino-alcohol motifs (C(OH)–C–C–N with tert-alkyl or cyclic N) is 1. The Balaban J connectivity index is 1.41. The van der Waals surface area contributed by atoms with Crippen molar-refractivity contribution in [3.8, 4) is 22.6 Å². The van der Waals surface area contributed by atoms with Crippen molar-refractivity contribution in [1.82, 2.24) is 4.90 Å². The fraction of sp³-hybridized carbons (Fsp3) is 0.219. The van der Waals surface area contributed by atoms with E-state index < -0.39 is 18.1 Å². The van der Waals surface area contributed by atoms with Crippen LogP contribution in [-0.4, -0.2) is 39.8 Å². The van der Waals surface area contributed by atoms with E-state index in [9.17, 15) is 19.9 Å². The van der Waals surface area contributed by atoms with E-state index in [1.54, 1.807) is 29.2 Å². The maximum atomic E-state index is 11.8. The number of nitrogen functional groups attached to an aromatic ring is 1. The molecule has 0 bridgehead atoms. The molecule has 4 N–H and O–H groups in total. The smallest absolute Gasteiger partial charge is 0.321 e. The predicted octanol–water partition coefficient (Wildman–Crippen LogP) is 6.82. The number of halogens is 2. The second kappa shape index (κ2) is 13.4. The third-order valence-electron chi connectivity index (χ3n) is 7.29. The average Bonchev–Trinajstić information content (AvgIpc) is 3.37. The van der Waals surface area contributed by atoms with Crippen LogP contribution in [0.4, 0.5) is 11.4 Å². The molecule has 2 unspecified atom stereocenters. The summed E-state index contributed by atoms with van der Waals surface area (Å²) in [5.41, 5.74) is 10.2. The number of nitrogens with zero attached hydrogens (tertiary/aromatic N) is 2. The number of hydrogen-bond acceptors (Lipinski definition) is 8. The molecular weight excluding hydrogens is 593 g/mol. The van der Waals surface area contributed by atoms with Gasteiger partial charge in [-0.15, -0.1) is 4.91 Å². The molecule has 0 aromatic heterocycles. The molecule has 5 rings (SSSR count). The van der Waals surface area contributed by atoms with Crippen LogP contribution in [0.3, 0.4) is 0 Å². The van der Waals surface area contributed by atoms with Gasteiger partial charge in [-0.3, -0.25) is 9.69 Å². The normalized spacial score (nSPS) is 16.6. The number of hydrogen-bond donors (Lipinski definition) is 3. The summed E-state index contributed by atoms with van der Waals surface area (Å²) >= 11 is 13.4. The zero-order valence-electron chi connectivity index (χ0n) is 23.0. The van der Waals surface area contributed by atoms with Crippen LogP contribution in [0.2, 0.25) is 10.0 Å². The molecule has 0 amide bonds. The lowest BCUT2D eigenvalue weighted by Crippen LogP contribution is -2.35. The number of carboxylic acid groups (broad SMARTS) is 1. The summed E-state index contributed by atoms with van der Waals surface area (Å²) in [6.07, 6.45) is -0.632. The van der Waals surface area contributed by atoms with Gasteiger partial charge in [0.25, 0.3) is 0 Å². The Morgan fingerprint density at radius 3 is 2.44 bits per heavy atom. The van der Waals surface area contributed by atoms with Crippen LogP contribution in [0.15, 0.2) is 84.0 Å². The summed E-state index contributed by atoms with van der Waals surface area (Å²) in [4.78, 5) is 24.4. The van der Waals surface area contributed by atoms with Crippen molar-refractivity contribution in [1.29, 1.82) is 0 Å². The zero-order valence-corrected chi connectivity index (χ0v) is 24.5. The third-order valence-corrected chi connectivity index (χ3v) is 8.03. The maximum absolute atomic E-state index is 11.8. The number of carbonyl (C=O) groups is 1. The van der Waals surface area contributed by atoms with Gasteiger partial charge in [0.1, 0.15) is 36.4 Å². The molecule has 0 spiro atoms. The molecule has 222 valence electrons. The highest BCUT2D eigenvalue weighted by molar-refractivity contribution is 6.34. The van der Waals surface area contributed by atoms with Crippen LogP contribution >= 0.6 is 23.2 Å². The summed E-state index contributed by atoms with van der Waals surface area (Å²) in [5, 5.41) is 23.6. The Morgan fingerprint density at radius 1 is 0.953 bits per heavy atom. The van der Waals surface area contributed by atoms with Gasteiger partial charge in [0.05, 0.1) is 21.8 Å². The van der Waals surface area contributed by atoms with Crippen molar-refractivity contribution in [3.05, 3.63) is 111 Å². The lowest BCUT2D eigenvalue weighted by atomic mass is 10.0. The summed E-state index contributed by atoms with van der Waals surface area (Å²) in [6.45, 7) is 0.588. The molecule has 4 aromatic carbocycles. The van der Waals surface area contributed by atoms with E-state index in [2.05, 4.69) is 5.18 Å². The fourth-order valence-electron chi connectivity index (χ4n) is 5.10. The number of aliphatic carboxylic acids is 1. The number of benzene rings is 4. The van der Waals surface area contributed by atoms with E-state index in [1.807, 2.05) is 48.5 Å². The number of aliphatic hydroxyl groups is 1. The van der Waals surface area contributed by atoms with Crippen LogP contribution in [0, 0.1) is 4.91 Å². The van der Waals surface area contributed by atoms with Gasteiger partial charge in [0.2, 0.25) is 0 Å². The number of ether oxygens (including phenoxy) is 2. The Bertz CT molecular complexity index is 1640. The first-order valence-corrected chi connectivity index (χ1v) is 14.3. The minimum Gasteiger partial charge on any atom is -0.488 e. The number of likely N-dealkylation sites (tertiary alicyclic amines) is 1. The van der Waals surface area contributed by atoms with Crippen LogP contribution in [0.25, 0.3) is 11.1 Å². The highest BCUT2D eigenvalue weighted by Gasteiger charge is 2.36. The second-order valence-electron chi connectivity index (χ2n) is 10.3. The van der Waals surface area contributed by atoms with Gasteiger partial charge in [0.15, 0.2) is 0 Å². The van der Waals surface area contributed by atoms with Gasteiger partial charge in [-0.05, 0) is 34.5 Å². The van der Waals surface area contributed by atoms with E-state index in [-0.39, 0.29) is 44.1 Å². The number of rotatable bonds is 11. The molecule has 0 radical (unpaired) electrons. The highest BCUT2D eigenvalue weighted by atomic mass is 35.5. The molecule has 1 fully saturated rings. The van der Waals surface area contributed by atoms with Gasteiger partial charge in [-0.25, -0.2) is 0 Å². The number of carboxylic acids is 1. The molecule has 1 saturated heterocycles. The monoisotopic (exact) mass is 621 g/mol. The van der Waals surface area contributed by atoms with Crippen LogP contribution in [0.1, 0.15) is 23.1 Å². The zero-order chi connectivity index (χ0) is 30.5. The number of aliphatic hydroxyl groups excluding tert-OH is 1. The molecular formula is C32H29Cl2N3O6. The van der Waals surface area contributed by atoms with Gasteiger partial charge >= 0.3 is 5.97 Å². The first-order valence-electron chi connectivity index (χ1n) is 13.5. The minimum absolute atomic E-state index is 0.0906. The predicted molar refractivity (Wildman–Crippen MR) is 166 cm³/mol. The molecule has 0 aliphatic carbocycles. The fourth-order valence-corrected chi connectivity index (χ4v) is 5.63. The summed E-state index contributed by atoms with van der Waals surface area (Å²) < 4.78 is 12.3. The van der Waals surface area contributed by atoms with Gasteiger partial charge in [0, 0.05) is 42.3 Å². The standard InChI is InChI=1S/C32H29Cl2N3O6/c33-25-12-22(15-37-16-23(38)13-28(37)32(39)40)29(42-17-19-9-10-27(36-41)26(35)11-19)14-30(25)43-18-21-7-4-8-24(31(21)34)20-5-2-1-3-6-20/h1-12,14,23,28,38H,13,15-18,35H2,(H,39,40). The maximum Gasteiger partial charge on any atom is 0.321 e. The number of nitrogens with two attached hydrogens (primary N) is 1. The van der Waals surface area contributed by atoms with Crippen molar-refractivity contribution in [3.63, 3.8) is 0 Å². The molecule has 4 aromatic rings. The van der Waals surface area contributed by atoms with E-state index in [1.165, 1.54) is 6.07 Å². The Morgan fingerprint density at radius 2 is 1.72 bits per heavy atom. The highest BCUT2D eigenvalue weighted by Crippen LogP contribution is 2.37. The molecule has 43 heavy (non-hydrogen) atoms. The molecule has 1 heterocycles. The molecule has 1 aliphatic heterocycles. The second-order valence-corrected chi connectivity index (χ2v) is 11.1. The largest absolute Gasteiger partial charge is 0.488 e. The SMILES string of the molecule is Nc1cc(COc2cc(OCc3cccc(-c4ccccc4)c3Cl)c(Cl)cc2CN2CC(O)CC2C(=O)O)ccc1N=O. The molecule has 11 heteroatoms. The van der Waals surface area contributed by atoms with Gasteiger partial charge < -0.3 is 25.4 Å². The Kier molecular flexibility index (Phi) is 9.47. The molecule has 1 aliphatic rings. The van der Waals surface area contributed by atoms with E-state index in [0.717, 1.165) is 16.7 Å². The quantitative estimate of drug-likeness (QED) is 0.123. The first-order chi connectivity index (χ1) is 20.7. The number of anilines is 1. The van der Waals surface area contributed by atoms with Crippen LogP contribution < -0.4 is 15.2 Å². The Hall–Kier alpha value is -4.15. The molecule has 0 saturated carbocycles. The van der Waals surface area contributed by atoms with Crippen molar-refractivity contribution < 1.29 is 24.5 Å². The Labute approximate surface area is 258 Å². The van der Waals surface area contributed by atoms with Crippen LogP contribution in [0.5, 0.6) is 11.5 Å². The lowest BCUT2D eigenvalue weighted by Gasteiger charge is -2.23. The molecule has 9 nitrogen and oxygen atoms in total. The van der Waals surface area contributed by atoms with Crippen molar-refractivity contribution >= 4 is 40.5 Å². The third kappa shape index (κ3) is 7.09. The van der Waals surface area contributed by atoms with E-state index >= 15 is 0 Å². The molecule has 2 atom stereocenters. The van der Waals surface area contributed by atoms with Crippen molar-refractivity contribution in [2.24, 2.45) is 5.18 Å². The van der Waals surface area contributed by atoms with E-state index in [0.29, 0.717) is 32.7 Å². The van der Waals surface area contributed by atoms with Crippen molar-refractivity contribution in [2.45, 2.75) is 38.3 Å². The average molecular weight is 623 g/mol. The van der Waals surface area contributed by atoms with E-state index in [4.69, 9.17) is 38.4 Å². The summed E-state index contributed by atoms with van der Waals surface area (Å²) in [7, 11) is 0. The summed E-state index contributed by atoms with van der Waals surface area (Å²) in [5.74, 6) is -0.262. The first kappa shape index (κ1) is 30.3. The van der Waals surface area contributed by atoms with Crippen molar-refractivity contribution in [2.75, 3.05) is 12.3 Å². The topological polar surface area (TPSA) is 135 Å². The lowest BCUT2D eigenvalue weighted by molar-refractivity contribution is -0.142.